The maximum atomic E-state index is 12.4. The Hall–Kier alpha value is -4.57. The number of anilines is 1. The summed E-state index contributed by atoms with van der Waals surface area (Å²) in [5, 5.41) is 17.7. The van der Waals surface area contributed by atoms with Crippen molar-refractivity contribution < 1.29 is 24.0 Å². The number of hydrogen-bond donors (Lipinski definition) is 2. The van der Waals surface area contributed by atoms with Crippen LogP contribution in [0.25, 0.3) is 0 Å². The van der Waals surface area contributed by atoms with Gasteiger partial charge in [0, 0.05) is 40.4 Å². The Labute approximate surface area is 204 Å². The lowest BCUT2D eigenvalue weighted by molar-refractivity contribution is -0.384. The summed E-state index contributed by atoms with van der Waals surface area (Å²) in [6, 6.07) is 15.7. The summed E-state index contributed by atoms with van der Waals surface area (Å²) in [7, 11) is 0. The summed E-state index contributed by atoms with van der Waals surface area (Å²) < 4.78 is 5.38. The van der Waals surface area contributed by atoms with E-state index in [9.17, 15) is 24.5 Å². The number of esters is 1. The molecule has 3 rings (SSSR count). The molecule has 0 atom stereocenters. The van der Waals surface area contributed by atoms with Gasteiger partial charge < -0.3 is 10.1 Å². The molecule has 11 heteroatoms. The Morgan fingerprint density at radius 3 is 2.31 bits per heavy atom. The lowest BCUT2D eigenvalue weighted by atomic mass is 10.2. The summed E-state index contributed by atoms with van der Waals surface area (Å²) >= 11 is 6.03. The van der Waals surface area contributed by atoms with Crippen molar-refractivity contribution in [2.24, 2.45) is 5.10 Å². The molecular weight excluding hydrogens is 476 g/mol. The Kier molecular flexibility index (Phi) is 8.25. The monoisotopic (exact) mass is 494 g/mol. The Morgan fingerprint density at radius 1 is 1.03 bits per heavy atom. The number of nitrogens with one attached hydrogen (secondary N) is 2. The maximum Gasteiger partial charge on any atom is 0.343 e. The standard InChI is InChI=1S/C24H19ClN4O6/c1-2-22(30)27-19-8-3-15(4-9-19)23(31)28-26-14-17-13-18(25)7-12-21(17)35-24(32)16-5-10-20(11-6-16)29(33)34/h3-14H,2H2,1H3,(H,27,30)(H,28,31)/b26-14+. The number of nitro benzene ring substituents is 1. The van der Waals surface area contributed by atoms with Gasteiger partial charge in [0.15, 0.2) is 0 Å². The van der Waals surface area contributed by atoms with Crippen LogP contribution < -0.4 is 15.5 Å². The van der Waals surface area contributed by atoms with Crippen molar-refractivity contribution in [3.05, 3.63) is 98.6 Å². The summed E-state index contributed by atoms with van der Waals surface area (Å²) in [6.07, 6.45) is 1.60. The van der Waals surface area contributed by atoms with Crippen LogP contribution in [-0.4, -0.2) is 28.9 Å². The van der Waals surface area contributed by atoms with Crippen LogP contribution in [0.3, 0.4) is 0 Å². The first-order chi connectivity index (χ1) is 16.8. The average molecular weight is 495 g/mol. The fourth-order valence-corrected chi connectivity index (χ4v) is 2.95. The molecular formula is C24H19ClN4O6. The molecule has 35 heavy (non-hydrogen) atoms. The Morgan fingerprint density at radius 2 is 1.69 bits per heavy atom. The molecule has 0 spiro atoms. The molecule has 0 aliphatic heterocycles. The van der Waals surface area contributed by atoms with Gasteiger partial charge >= 0.3 is 5.97 Å². The van der Waals surface area contributed by atoms with Gasteiger partial charge in [0.25, 0.3) is 11.6 Å². The minimum Gasteiger partial charge on any atom is -0.422 e. The maximum absolute atomic E-state index is 12.4. The van der Waals surface area contributed by atoms with Crippen molar-refractivity contribution in [1.29, 1.82) is 0 Å². The molecule has 0 saturated carbocycles. The fourth-order valence-electron chi connectivity index (χ4n) is 2.77. The highest BCUT2D eigenvalue weighted by atomic mass is 35.5. The fraction of sp³-hybridized carbons (Fsp3) is 0.0833. The first-order valence-electron chi connectivity index (χ1n) is 10.3. The minimum absolute atomic E-state index is 0.111. The van der Waals surface area contributed by atoms with Crippen LogP contribution in [0.15, 0.2) is 71.8 Å². The zero-order valence-electron chi connectivity index (χ0n) is 18.4. The number of ether oxygens (including phenoxy) is 1. The highest BCUT2D eigenvalue weighted by molar-refractivity contribution is 6.31. The number of nitrogens with zero attached hydrogens (tertiary/aromatic N) is 2. The molecule has 10 nitrogen and oxygen atoms in total. The Balaban J connectivity index is 1.67. The van der Waals surface area contributed by atoms with Gasteiger partial charge in [0.1, 0.15) is 5.75 Å². The van der Waals surface area contributed by atoms with E-state index in [0.29, 0.717) is 28.3 Å². The molecule has 0 aliphatic carbocycles. The summed E-state index contributed by atoms with van der Waals surface area (Å²) in [4.78, 5) is 46.4. The number of carbonyl (C=O) groups is 3. The number of non-ortho nitro benzene ring substituents is 1. The van der Waals surface area contributed by atoms with Gasteiger partial charge in [0.2, 0.25) is 5.91 Å². The third kappa shape index (κ3) is 6.95. The normalized spacial score (nSPS) is 10.6. The number of hydrazone groups is 1. The van der Waals surface area contributed by atoms with Gasteiger partial charge in [-0.1, -0.05) is 18.5 Å². The molecule has 0 heterocycles. The van der Waals surface area contributed by atoms with E-state index in [1.165, 1.54) is 60.8 Å². The molecule has 178 valence electrons. The van der Waals surface area contributed by atoms with Gasteiger partial charge in [-0.05, 0) is 54.6 Å². The lowest BCUT2D eigenvalue weighted by Gasteiger charge is -2.08. The highest BCUT2D eigenvalue weighted by Crippen LogP contribution is 2.23. The van der Waals surface area contributed by atoms with Crippen LogP contribution in [0.4, 0.5) is 11.4 Å². The van der Waals surface area contributed by atoms with Gasteiger partial charge in [-0.3, -0.25) is 19.7 Å². The number of hydrogen-bond acceptors (Lipinski definition) is 7. The van der Waals surface area contributed by atoms with E-state index in [-0.39, 0.29) is 22.9 Å². The van der Waals surface area contributed by atoms with Crippen molar-refractivity contribution in [2.75, 3.05) is 5.32 Å². The first-order valence-corrected chi connectivity index (χ1v) is 10.6. The van der Waals surface area contributed by atoms with E-state index < -0.39 is 16.8 Å². The largest absolute Gasteiger partial charge is 0.422 e. The molecule has 2 N–H and O–H groups in total. The molecule has 2 amide bonds. The van der Waals surface area contributed by atoms with Crippen LogP contribution in [-0.2, 0) is 4.79 Å². The van der Waals surface area contributed by atoms with Crippen LogP contribution in [0.1, 0.15) is 39.6 Å². The Bertz CT molecular complexity index is 1290. The number of halogens is 1. The van der Waals surface area contributed by atoms with Gasteiger partial charge in [-0.15, -0.1) is 0 Å². The molecule has 0 saturated heterocycles. The smallest absolute Gasteiger partial charge is 0.343 e. The molecule has 0 fully saturated rings. The number of carbonyl (C=O) groups excluding carboxylic acids is 3. The van der Waals surface area contributed by atoms with Crippen LogP contribution in [0.2, 0.25) is 5.02 Å². The van der Waals surface area contributed by atoms with E-state index in [1.54, 1.807) is 19.1 Å². The van der Waals surface area contributed by atoms with E-state index in [0.717, 1.165) is 0 Å². The summed E-state index contributed by atoms with van der Waals surface area (Å²) in [6.45, 7) is 1.73. The predicted molar refractivity (Wildman–Crippen MR) is 130 cm³/mol. The second kappa shape index (κ2) is 11.5. The van der Waals surface area contributed by atoms with Crippen molar-refractivity contribution >= 4 is 47.0 Å². The summed E-state index contributed by atoms with van der Waals surface area (Å²) in [5.74, 6) is -1.26. The topological polar surface area (TPSA) is 140 Å². The van der Waals surface area contributed by atoms with E-state index in [2.05, 4.69) is 15.8 Å². The zero-order chi connectivity index (χ0) is 25.4. The molecule has 3 aromatic carbocycles. The van der Waals surface area contributed by atoms with Crippen molar-refractivity contribution in [3.8, 4) is 5.75 Å². The molecule has 3 aromatic rings. The molecule has 0 bridgehead atoms. The van der Waals surface area contributed by atoms with Crippen LogP contribution in [0, 0.1) is 10.1 Å². The molecule has 0 unspecified atom stereocenters. The first kappa shape index (κ1) is 25.1. The highest BCUT2D eigenvalue weighted by Gasteiger charge is 2.14. The zero-order valence-corrected chi connectivity index (χ0v) is 19.1. The quantitative estimate of drug-likeness (QED) is 0.154. The van der Waals surface area contributed by atoms with E-state index in [4.69, 9.17) is 16.3 Å². The van der Waals surface area contributed by atoms with Gasteiger partial charge in [-0.2, -0.15) is 5.10 Å². The predicted octanol–water partition coefficient (Wildman–Crippen LogP) is 4.58. The van der Waals surface area contributed by atoms with Crippen molar-refractivity contribution in [3.63, 3.8) is 0 Å². The molecule has 0 aliphatic rings. The lowest BCUT2D eigenvalue weighted by Crippen LogP contribution is -2.18. The summed E-state index contributed by atoms with van der Waals surface area (Å²) in [5.41, 5.74) is 3.51. The van der Waals surface area contributed by atoms with E-state index >= 15 is 0 Å². The van der Waals surface area contributed by atoms with Crippen molar-refractivity contribution in [1.82, 2.24) is 5.43 Å². The van der Waals surface area contributed by atoms with Gasteiger partial charge in [0.05, 0.1) is 16.7 Å². The average Bonchev–Trinajstić information content (AvgIpc) is 2.85. The third-order valence-electron chi connectivity index (χ3n) is 4.61. The SMILES string of the molecule is CCC(=O)Nc1ccc(C(=O)N/N=C/c2cc(Cl)ccc2OC(=O)c2ccc([N+](=O)[O-])cc2)cc1. The molecule has 0 radical (unpaired) electrons. The van der Waals surface area contributed by atoms with E-state index in [1.807, 2.05) is 0 Å². The number of benzene rings is 3. The van der Waals surface area contributed by atoms with Crippen LogP contribution in [0.5, 0.6) is 5.75 Å². The number of amides is 2. The van der Waals surface area contributed by atoms with Crippen molar-refractivity contribution in [2.45, 2.75) is 13.3 Å². The number of nitro groups is 1. The third-order valence-corrected chi connectivity index (χ3v) is 4.85. The molecule has 0 aromatic heterocycles. The number of rotatable bonds is 8. The second-order valence-corrected chi connectivity index (χ2v) is 7.49. The second-order valence-electron chi connectivity index (χ2n) is 7.05. The van der Waals surface area contributed by atoms with Crippen LogP contribution >= 0.6 is 11.6 Å². The van der Waals surface area contributed by atoms with Gasteiger partial charge in [-0.25, -0.2) is 10.2 Å². The minimum atomic E-state index is -0.740.